The van der Waals surface area contributed by atoms with Gasteiger partial charge in [-0.15, -0.1) is 11.3 Å². The van der Waals surface area contributed by atoms with Crippen molar-refractivity contribution in [1.82, 2.24) is 0 Å². The van der Waals surface area contributed by atoms with Gasteiger partial charge in [0.05, 0.1) is 14.4 Å². The standard InChI is InChI=1S/C8H10Br2O2S2/c1-5-3-7(13-8(5)10)6(9)4-14(2,11)12/h3,6H,4H2,1-2H3. The second kappa shape index (κ2) is 4.63. The Morgan fingerprint density at radius 1 is 1.57 bits per heavy atom. The topological polar surface area (TPSA) is 34.1 Å². The van der Waals surface area contributed by atoms with Crippen LogP contribution in [0.15, 0.2) is 9.85 Å². The lowest BCUT2D eigenvalue weighted by Crippen LogP contribution is -2.07. The second-order valence-electron chi connectivity index (χ2n) is 3.17. The third-order valence-electron chi connectivity index (χ3n) is 1.63. The van der Waals surface area contributed by atoms with Gasteiger partial charge < -0.3 is 0 Å². The molecule has 80 valence electrons. The van der Waals surface area contributed by atoms with Gasteiger partial charge in [0.25, 0.3) is 0 Å². The lowest BCUT2D eigenvalue weighted by Gasteiger charge is -2.04. The van der Waals surface area contributed by atoms with Crippen LogP contribution in [0.3, 0.4) is 0 Å². The molecule has 0 aliphatic rings. The van der Waals surface area contributed by atoms with Crippen molar-refractivity contribution in [3.05, 3.63) is 20.3 Å². The third kappa shape index (κ3) is 3.64. The Balaban J connectivity index is 2.85. The van der Waals surface area contributed by atoms with Crippen molar-refractivity contribution in [2.24, 2.45) is 0 Å². The van der Waals surface area contributed by atoms with Crippen LogP contribution < -0.4 is 0 Å². The molecule has 2 nitrogen and oxygen atoms in total. The second-order valence-corrected chi connectivity index (χ2v) is 8.86. The quantitative estimate of drug-likeness (QED) is 0.774. The molecule has 0 radical (unpaired) electrons. The first kappa shape index (κ1) is 12.7. The van der Waals surface area contributed by atoms with E-state index in [9.17, 15) is 8.42 Å². The van der Waals surface area contributed by atoms with E-state index in [4.69, 9.17) is 0 Å². The lowest BCUT2D eigenvalue weighted by atomic mass is 10.3. The van der Waals surface area contributed by atoms with E-state index >= 15 is 0 Å². The highest BCUT2D eigenvalue weighted by molar-refractivity contribution is 9.11. The fraction of sp³-hybridized carbons (Fsp3) is 0.500. The van der Waals surface area contributed by atoms with Crippen molar-refractivity contribution in [1.29, 1.82) is 0 Å². The van der Waals surface area contributed by atoms with Crippen LogP contribution in [-0.2, 0) is 9.84 Å². The largest absolute Gasteiger partial charge is 0.229 e. The van der Waals surface area contributed by atoms with E-state index in [1.54, 1.807) is 11.3 Å². The molecule has 14 heavy (non-hydrogen) atoms. The maximum Gasteiger partial charge on any atom is 0.148 e. The molecule has 0 N–H and O–H groups in total. The van der Waals surface area contributed by atoms with Gasteiger partial charge in [-0.3, -0.25) is 0 Å². The first-order valence-electron chi connectivity index (χ1n) is 3.87. The van der Waals surface area contributed by atoms with Gasteiger partial charge >= 0.3 is 0 Å². The van der Waals surface area contributed by atoms with E-state index in [0.717, 1.165) is 14.2 Å². The predicted octanol–water partition coefficient (Wildman–Crippen LogP) is 3.30. The van der Waals surface area contributed by atoms with Crippen LogP contribution in [0, 0.1) is 6.92 Å². The van der Waals surface area contributed by atoms with Gasteiger partial charge in [-0.25, -0.2) is 8.42 Å². The van der Waals surface area contributed by atoms with Crippen molar-refractivity contribution in [2.75, 3.05) is 12.0 Å². The van der Waals surface area contributed by atoms with Crippen LogP contribution in [0.2, 0.25) is 0 Å². The summed E-state index contributed by atoms with van der Waals surface area (Å²) < 4.78 is 23.2. The molecule has 0 bridgehead atoms. The Kier molecular flexibility index (Phi) is 4.20. The molecule has 0 fully saturated rings. The number of sulfone groups is 1. The first-order valence-corrected chi connectivity index (χ1v) is 8.46. The minimum atomic E-state index is -2.93. The van der Waals surface area contributed by atoms with Crippen LogP contribution in [0.5, 0.6) is 0 Å². The Morgan fingerprint density at radius 3 is 2.50 bits per heavy atom. The van der Waals surface area contributed by atoms with E-state index in [0.29, 0.717) is 0 Å². The van der Waals surface area contributed by atoms with Crippen molar-refractivity contribution < 1.29 is 8.42 Å². The van der Waals surface area contributed by atoms with E-state index < -0.39 is 9.84 Å². The minimum Gasteiger partial charge on any atom is -0.229 e. The summed E-state index contributed by atoms with van der Waals surface area (Å²) in [6, 6.07) is 2.00. The molecular formula is C8H10Br2O2S2. The number of alkyl halides is 1. The van der Waals surface area contributed by atoms with E-state index in [-0.39, 0.29) is 10.6 Å². The summed E-state index contributed by atoms with van der Waals surface area (Å²) in [6.07, 6.45) is 1.25. The van der Waals surface area contributed by atoms with Gasteiger partial charge in [-0.05, 0) is 34.5 Å². The summed E-state index contributed by atoms with van der Waals surface area (Å²) in [5.41, 5.74) is 1.14. The molecule has 0 saturated heterocycles. The van der Waals surface area contributed by atoms with Gasteiger partial charge in [-0.2, -0.15) is 0 Å². The summed E-state index contributed by atoms with van der Waals surface area (Å²) in [4.78, 5) is 0.937. The minimum absolute atomic E-state index is 0.104. The van der Waals surface area contributed by atoms with Crippen LogP contribution in [0.25, 0.3) is 0 Å². The number of aryl methyl sites for hydroxylation is 1. The molecule has 1 atom stereocenters. The number of thiophene rings is 1. The van der Waals surface area contributed by atoms with Gasteiger partial charge in [0, 0.05) is 11.1 Å². The van der Waals surface area contributed by atoms with Gasteiger partial charge in [0.1, 0.15) is 9.84 Å². The summed E-state index contributed by atoms with van der Waals surface area (Å²) in [6.45, 7) is 1.99. The van der Waals surface area contributed by atoms with Crippen molar-refractivity contribution in [3.8, 4) is 0 Å². The maximum absolute atomic E-state index is 11.1. The van der Waals surface area contributed by atoms with Gasteiger partial charge in [0.15, 0.2) is 0 Å². The fourth-order valence-electron chi connectivity index (χ4n) is 0.986. The Bertz CT molecular complexity index is 403. The van der Waals surface area contributed by atoms with Crippen LogP contribution in [0.4, 0.5) is 0 Å². The van der Waals surface area contributed by atoms with Crippen LogP contribution >= 0.6 is 43.2 Å². The summed E-state index contributed by atoms with van der Waals surface area (Å²) >= 11 is 8.36. The summed E-state index contributed by atoms with van der Waals surface area (Å²) in [5, 5.41) is 0. The van der Waals surface area contributed by atoms with E-state index in [2.05, 4.69) is 31.9 Å². The molecule has 0 amide bonds. The number of hydrogen-bond donors (Lipinski definition) is 0. The number of rotatable bonds is 3. The molecule has 0 spiro atoms. The maximum atomic E-state index is 11.1. The van der Waals surface area contributed by atoms with Crippen molar-refractivity contribution >= 4 is 53.0 Å². The van der Waals surface area contributed by atoms with Crippen molar-refractivity contribution in [2.45, 2.75) is 11.8 Å². The van der Waals surface area contributed by atoms with E-state index in [1.807, 2.05) is 13.0 Å². The molecule has 0 aliphatic carbocycles. The molecule has 1 rings (SSSR count). The molecule has 0 aromatic carbocycles. The Morgan fingerprint density at radius 2 is 2.14 bits per heavy atom. The van der Waals surface area contributed by atoms with Crippen LogP contribution in [-0.4, -0.2) is 20.4 Å². The Labute approximate surface area is 105 Å². The average molecular weight is 362 g/mol. The highest BCUT2D eigenvalue weighted by Gasteiger charge is 2.17. The first-order chi connectivity index (χ1) is 6.29. The fourth-order valence-corrected chi connectivity index (χ4v) is 5.20. The zero-order valence-corrected chi connectivity index (χ0v) is 12.6. The molecule has 1 aromatic heterocycles. The Hall–Kier alpha value is 0.610. The van der Waals surface area contributed by atoms with Crippen molar-refractivity contribution in [3.63, 3.8) is 0 Å². The molecule has 1 aromatic rings. The number of halogens is 2. The number of hydrogen-bond acceptors (Lipinski definition) is 3. The zero-order valence-electron chi connectivity index (χ0n) is 7.75. The van der Waals surface area contributed by atoms with Crippen LogP contribution in [0.1, 0.15) is 15.3 Å². The molecule has 1 unspecified atom stereocenters. The lowest BCUT2D eigenvalue weighted by molar-refractivity contribution is 0.601. The zero-order chi connectivity index (χ0) is 10.9. The summed E-state index contributed by atoms with van der Waals surface area (Å²) in [5.74, 6) is 0.138. The van der Waals surface area contributed by atoms with E-state index in [1.165, 1.54) is 6.26 Å². The molecule has 1 heterocycles. The van der Waals surface area contributed by atoms with Gasteiger partial charge in [0.2, 0.25) is 0 Å². The highest BCUT2D eigenvalue weighted by atomic mass is 79.9. The van der Waals surface area contributed by atoms with Gasteiger partial charge in [-0.1, -0.05) is 15.9 Å². The molecule has 0 saturated carbocycles. The smallest absolute Gasteiger partial charge is 0.148 e. The predicted molar refractivity (Wildman–Crippen MR) is 68.1 cm³/mol. The molecular weight excluding hydrogens is 352 g/mol. The average Bonchev–Trinajstić information content (AvgIpc) is 2.28. The molecule has 0 aliphatic heterocycles. The third-order valence-corrected chi connectivity index (χ3v) is 6.37. The normalized spacial score (nSPS) is 14.3. The SMILES string of the molecule is Cc1cc(C(Br)CS(C)(=O)=O)sc1Br. The monoisotopic (exact) mass is 360 g/mol. The summed E-state index contributed by atoms with van der Waals surface area (Å²) in [7, 11) is -2.93. The highest BCUT2D eigenvalue weighted by Crippen LogP contribution is 2.35. The molecule has 6 heteroatoms.